The quantitative estimate of drug-likeness (QED) is 0.592. The molecule has 1 aliphatic rings. The van der Waals surface area contributed by atoms with Crippen LogP contribution >= 0.6 is 11.6 Å². The van der Waals surface area contributed by atoms with Crippen LogP contribution in [0.3, 0.4) is 0 Å². The highest BCUT2D eigenvalue weighted by Crippen LogP contribution is 2.27. The lowest BCUT2D eigenvalue weighted by Gasteiger charge is -2.20. The van der Waals surface area contributed by atoms with Gasteiger partial charge >= 0.3 is 6.18 Å². The molecule has 2 aromatic rings. The van der Waals surface area contributed by atoms with Crippen molar-refractivity contribution in [1.82, 2.24) is 15.5 Å². The number of halogens is 4. The van der Waals surface area contributed by atoms with E-state index in [-0.39, 0.29) is 24.0 Å². The van der Waals surface area contributed by atoms with Crippen molar-refractivity contribution in [3.05, 3.63) is 52.3 Å². The molecule has 1 amide bonds. The van der Waals surface area contributed by atoms with Crippen molar-refractivity contribution in [3.8, 4) is 0 Å². The molecular formula is C18H18ClF3N4O2. The van der Waals surface area contributed by atoms with Crippen LogP contribution in [0.4, 0.5) is 13.2 Å². The van der Waals surface area contributed by atoms with Gasteiger partial charge in [-0.15, -0.1) is 0 Å². The summed E-state index contributed by atoms with van der Waals surface area (Å²) in [4.78, 5) is 17.0. The molecule has 1 aromatic heterocycles. The maximum atomic E-state index is 12.8. The predicted molar refractivity (Wildman–Crippen MR) is 97.5 cm³/mol. The Bertz CT molecular complexity index is 843. The lowest BCUT2D eigenvalue weighted by atomic mass is 10.1. The maximum absolute atomic E-state index is 12.8. The molecule has 150 valence electrons. The van der Waals surface area contributed by atoms with Crippen LogP contribution in [0, 0.1) is 0 Å². The minimum absolute atomic E-state index is 0.0289. The summed E-state index contributed by atoms with van der Waals surface area (Å²) in [5.74, 6) is -0.185. The van der Waals surface area contributed by atoms with Crippen LogP contribution < -0.4 is 5.32 Å². The van der Waals surface area contributed by atoms with Gasteiger partial charge in [-0.25, -0.2) is 0 Å². The van der Waals surface area contributed by atoms with Gasteiger partial charge in [0.2, 0.25) is 0 Å². The van der Waals surface area contributed by atoms with Gasteiger partial charge in [-0.2, -0.15) is 18.3 Å². The second kappa shape index (κ2) is 8.74. The van der Waals surface area contributed by atoms with Gasteiger partial charge in [0.1, 0.15) is 5.84 Å². The summed E-state index contributed by atoms with van der Waals surface area (Å²) < 4.78 is 43.7. The van der Waals surface area contributed by atoms with Crippen LogP contribution in [0.25, 0.3) is 0 Å². The third-order valence-electron chi connectivity index (χ3n) is 4.12. The van der Waals surface area contributed by atoms with E-state index in [1.807, 2.05) is 0 Å². The standard InChI is InChI=1S/C18H18ClF3N4O2/c19-12-5-3-11(4-6-12)17(27)24-16(23-13-2-1-7-28-10-13)9-14-8-15(26-25-14)18(20,21)22/h3-6,8,13H,1-2,7,9-10H2,(H,25,26)(H,23,24,27). The van der Waals surface area contributed by atoms with Crippen LogP contribution in [0.15, 0.2) is 35.3 Å². The van der Waals surface area contributed by atoms with Crippen LogP contribution in [0.1, 0.15) is 34.6 Å². The van der Waals surface area contributed by atoms with Crippen molar-refractivity contribution in [3.63, 3.8) is 0 Å². The molecule has 1 fully saturated rings. The highest BCUT2D eigenvalue weighted by atomic mass is 35.5. The SMILES string of the molecule is O=C(NC(Cc1cc(C(F)(F)F)n[nH]1)=NC1CCCOC1)c1ccc(Cl)cc1. The Kier molecular flexibility index (Phi) is 6.35. The highest BCUT2D eigenvalue weighted by Gasteiger charge is 2.34. The Morgan fingerprint density at radius 1 is 1.36 bits per heavy atom. The van der Waals surface area contributed by atoms with Crippen molar-refractivity contribution in [2.45, 2.75) is 31.5 Å². The van der Waals surface area contributed by atoms with Crippen LogP contribution in [-0.2, 0) is 17.3 Å². The third kappa shape index (κ3) is 5.56. The molecule has 1 aromatic carbocycles. The summed E-state index contributed by atoms with van der Waals surface area (Å²) in [6.45, 7) is 1.05. The number of carbonyl (C=O) groups excluding carboxylic acids is 1. The number of aromatic nitrogens is 2. The molecule has 1 aliphatic heterocycles. The van der Waals surface area contributed by atoms with E-state index in [4.69, 9.17) is 16.3 Å². The number of benzene rings is 1. The molecule has 0 bridgehead atoms. The zero-order valence-electron chi connectivity index (χ0n) is 14.7. The second-order valence-electron chi connectivity index (χ2n) is 6.36. The molecule has 1 unspecified atom stereocenters. The highest BCUT2D eigenvalue weighted by molar-refractivity contribution is 6.30. The summed E-state index contributed by atoms with van der Waals surface area (Å²) in [7, 11) is 0. The molecule has 0 radical (unpaired) electrons. The van der Waals surface area contributed by atoms with Gasteiger partial charge in [0.05, 0.1) is 12.6 Å². The van der Waals surface area contributed by atoms with Crippen LogP contribution in [0.5, 0.6) is 0 Å². The number of nitrogens with one attached hydrogen (secondary N) is 2. The van der Waals surface area contributed by atoms with E-state index in [0.717, 1.165) is 18.9 Å². The lowest BCUT2D eigenvalue weighted by Crippen LogP contribution is -2.34. The summed E-state index contributed by atoms with van der Waals surface area (Å²) >= 11 is 5.83. The van der Waals surface area contributed by atoms with Crippen molar-refractivity contribution < 1.29 is 22.7 Å². The summed E-state index contributed by atoms with van der Waals surface area (Å²) in [5, 5.41) is 8.79. The molecule has 3 rings (SSSR count). The predicted octanol–water partition coefficient (Wildman–Crippen LogP) is 3.63. The zero-order valence-corrected chi connectivity index (χ0v) is 15.5. The number of carbonyl (C=O) groups is 1. The number of hydrogen-bond donors (Lipinski definition) is 2. The number of aliphatic imine (C=N–C) groups is 1. The van der Waals surface area contributed by atoms with E-state index < -0.39 is 17.8 Å². The number of amidine groups is 1. The van der Waals surface area contributed by atoms with Gasteiger partial charge in [0, 0.05) is 29.3 Å². The first kappa shape index (κ1) is 20.3. The Morgan fingerprint density at radius 2 is 2.11 bits per heavy atom. The van der Waals surface area contributed by atoms with E-state index in [9.17, 15) is 18.0 Å². The Balaban J connectivity index is 1.78. The van der Waals surface area contributed by atoms with Gasteiger partial charge in [0.15, 0.2) is 5.69 Å². The first-order valence-electron chi connectivity index (χ1n) is 8.64. The van der Waals surface area contributed by atoms with Crippen LogP contribution in [-0.4, -0.2) is 41.2 Å². The molecule has 0 spiro atoms. The van der Waals surface area contributed by atoms with Gasteiger partial charge < -0.3 is 10.1 Å². The number of nitrogens with zero attached hydrogens (tertiary/aromatic N) is 2. The fourth-order valence-electron chi connectivity index (χ4n) is 2.75. The average molecular weight is 415 g/mol. The molecular weight excluding hydrogens is 397 g/mol. The van der Waals surface area contributed by atoms with Crippen LogP contribution in [0.2, 0.25) is 5.02 Å². The fourth-order valence-corrected chi connectivity index (χ4v) is 2.88. The monoisotopic (exact) mass is 414 g/mol. The average Bonchev–Trinajstić information content (AvgIpc) is 3.12. The van der Waals surface area contributed by atoms with E-state index in [2.05, 4.69) is 20.5 Å². The third-order valence-corrected chi connectivity index (χ3v) is 4.37. The molecule has 0 saturated carbocycles. The van der Waals surface area contributed by atoms with E-state index >= 15 is 0 Å². The van der Waals surface area contributed by atoms with Gasteiger partial charge in [-0.3, -0.25) is 14.9 Å². The topological polar surface area (TPSA) is 79.4 Å². The summed E-state index contributed by atoms with van der Waals surface area (Å²) in [6, 6.07) is 6.99. The Morgan fingerprint density at radius 3 is 2.71 bits per heavy atom. The molecule has 1 atom stereocenters. The minimum atomic E-state index is -4.55. The molecule has 2 heterocycles. The number of amides is 1. The molecule has 10 heteroatoms. The number of H-pyrrole nitrogens is 1. The molecule has 28 heavy (non-hydrogen) atoms. The molecule has 0 aliphatic carbocycles. The lowest BCUT2D eigenvalue weighted by molar-refractivity contribution is -0.141. The van der Waals surface area contributed by atoms with Gasteiger partial charge in [-0.1, -0.05) is 11.6 Å². The van der Waals surface area contributed by atoms with E-state index in [1.54, 1.807) is 24.3 Å². The van der Waals surface area contributed by atoms with E-state index in [1.165, 1.54) is 0 Å². The number of alkyl halides is 3. The van der Waals surface area contributed by atoms with Gasteiger partial charge in [-0.05, 0) is 43.2 Å². The first-order valence-corrected chi connectivity index (χ1v) is 9.02. The Labute approximate surface area is 164 Å². The van der Waals surface area contributed by atoms with Gasteiger partial charge in [0.25, 0.3) is 5.91 Å². The number of rotatable bonds is 4. The number of hydrogen-bond acceptors (Lipinski definition) is 4. The number of aromatic amines is 1. The summed E-state index contributed by atoms with van der Waals surface area (Å²) in [6.07, 6.45) is -2.97. The van der Waals surface area contributed by atoms with Crippen molar-refractivity contribution >= 4 is 23.3 Å². The zero-order chi connectivity index (χ0) is 20.1. The first-order chi connectivity index (χ1) is 13.3. The number of ether oxygens (including phenoxy) is 1. The summed E-state index contributed by atoms with van der Waals surface area (Å²) in [5.41, 5.74) is -0.469. The van der Waals surface area contributed by atoms with Crippen molar-refractivity contribution in [1.29, 1.82) is 0 Å². The smallest absolute Gasteiger partial charge is 0.379 e. The van der Waals surface area contributed by atoms with E-state index in [0.29, 0.717) is 23.8 Å². The van der Waals surface area contributed by atoms with Crippen molar-refractivity contribution in [2.75, 3.05) is 13.2 Å². The maximum Gasteiger partial charge on any atom is 0.435 e. The molecule has 6 nitrogen and oxygen atoms in total. The molecule has 2 N–H and O–H groups in total. The fraction of sp³-hybridized carbons (Fsp3) is 0.389. The van der Waals surface area contributed by atoms with Crippen molar-refractivity contribution in [2.24, 2.45) is 4.99 Å². The minimum Gasteiger partial charge on any atom is -0.379 e. The normalized spacial score (nSPS) is 18.1. The second-order valence-corrected chi connectivity index (χ2v) is 6.80. The Hall–Kier alpha value is -2.39. The molecule has 1 saturated heterocycles. The largest absolute Gasteiger partial charge is 0.435 e.